The lowest BCUT2D eigenvalue weighted by Gasteiger charge is -1.94. The fraction of sp³-hybridized carbons (Fsp3) is 0.400. The van der Waals surface area contributed by atoms with Gasteiger partial charge in [0.05, 0.1) is 0 Å². The first-order valence-electron chi connectivity index (χ1n) is 3.86. The molecule has 1 heteroatoms. The standard InChI is InChI=1S/C10H15Cl/c1-4-6-7-10(5-2)8-9(3)11/h4,6-8H,5H2,1-3H3/b6-4+,9-8+,10-7-. The minimum absolute atomic E-state index is 0.836. The summed E-state index contributed by atoms with van der Waals surface area (Å²) in [7, 11) is 0. The summed E-state index contributed by atoms with van der Waals surface area (Å²) in [6.07, 6.45) is 9.12. The van der Waals surface area contributed by atoms with E-state index in [2.05, 4.69) is 13.0 Å². The molecule has 0 aliphatic carbocycles. The van der Waals surface area contributed by atoms with Gasteiger partial charge in [-0.1, -0.05) is 36.8 Å². The van der Waals surface area contributed by atoms with Gasteiger partial charge in [0.25, 0.3) is 0 Å². The van der Waals surface area contributed by atoms with Crippen molar-refractivity contribution in [1.82, 2.24) is 0 Å². The molecule has 0 saturated carbocycles. The Morgan fingerprint density at radius 2 is 2.09 bits per heavy atom. The number of allylic oxidation sites excluding steroid dienone is 6. The molecule has 0 N–H and O–H groups in total. The second-order valence-corrected chi connectivity index (χ2v) is 2.95. The fourth-order valence-electron chi connectivity index (χ4n) is 0.743. The molecule has 11 heavy (non-hydrogen) atoms. The van der Waals surface area contributed by atoms with Crippen LogP contribution < -0.4 is 0 Å². The van der Waals surface area contributed by atoms with Gasteiger partial charge in [-0.05, 0) is 31.9 Å². The molecule has 0 aromatic carbocycles. The van der Waals surface area contributed by atoms with E-state index in [9.17, 15) is 0 Å². The summed E-state index contributed by atoms with van der Waals surface area (Å²) in [5, 5.41) is 0.836. The minimum Gasteiger partial charge on any atom is -0.0895 e. The van der Waals surface area contributed by atoms with Gasteiger partial charge in [0.1, 0.15) is 0 Å². The van der Waals surface area contributed by atoms with Crippen LogP contribution in [0.2, 0.25) is 0 Å². The summed E-state index contributed by atoms with van der Waals surface area (Å²) in [5.74, 6) is 0. The first-order valence-corrected chi connectivity index (χ1v) is 4.24. The molecule has 0 bridgehead atoms. The van der Waals surface area contributed by atoms with Gasteiger partial charge in [-0.3, -0.25) is 0 Å². The van der Waals surface area contributed by atoms with Gasteiger partial charge in [0, 0.05) is 5.03 Å². The maximum atomic E-state index is 5.73. The van der Waals surface area contributed by atoms with E-state index in [1.807, 2.05) is 32.1 Å². The van der Waals surface area contributed by atoms with Crippen molar-refractivity contribution in [3.05, 3.63) is 34.9 Å². The zero-order valence-electron chi connectivity index (χ0n) is 7.39. The summed E-state index contributed by atoms with van der Waals surface area (Å²) in [4.78, 5) is 0. The highest BCUT2D eigenvalue weighted by molar-refractivity contribution is 6.29. The molecule has 0 aliphatic heterocycles. The van der Waals surface area contributed by atoms with E-state index in [-0.39, 0.29) is 0 Å². The number of hydrogen-bond acceptors (Lipinski definition) is 0. The van der Waals surface area contributed by atoms with Crippen molar-refractivity contribution in [2.45, 2.75) is 27.2 Å². The van der Waals surface area contributed by atoms with Crippen molar-refractivity contribution in [1.29, 1.82) is 0 Å². The molecular weight excluding hydrogens is 156 g/mol. The van der Waals surface area contributed by atoms with Crippen molar-refractivity contribution in [2.24, 2.45) is 0 Å². The Kier molecular flexibility index (Phi) is 5.96. The summed E-state index contributed by atoms with van der Waals surface area (Å²) < 4.78 is 0. The number of hydrogen-bond donors (Lipinski definition) is 0. The summed E-state index contributed by atoms with van der Waals surface area (Å²) in [5.41, 5.74) is 1.26. The minimum atomic E-state index is 0.836. The average molecular weight is 171 g/mol. The molecule has 0 rings (SSSR count). The third-order valence-corrected chi connectivity index (χ3v) is 1.40. The van der Waals surface area contributed by atoms with Gasteiger partial charge in [0.15, 0.2) is 0 Å². The van der Waals surface area contributed by atoms with Gasteiger partial charge in [-0.15, -0.1) is 0 Å². The molecule has 0 saturated heterocycles. The summed E-state index contributed by atoms with van der Waals surface area (Å²) in [6.45, 7) is 6.01. The summed E-state index contributed by atoms with van der Waals surface area (Å²) in [6, 6.07) is 0. The third-order valence-electron chi connectivity index (χ3n) is 1.30. The molecule has 0 nitrogen and oxygen atoms in total. The van der Waals surface area contributed by atoms with E-state index in [4.69, 9.17) is 11.6 Å². The van der Waals surface area contributed by atoms with E-state index >= 15 is 0 Å². The lowest BCUT2D eigenvalue weighted by Crippen LogP contribution is -1.73. The number of halogens is 1. The van der Waals surface area contributed by atoms with E-state index in [1.54, 1.807) is 0 Å². The Balaban J connectivity index is 4.28. The molecule has 0 atom stereocenters. The van der Waals surface area contributed by atoms with Crippen LogP contribution in [0.3, 0.4) is 0 Å². The molecular formula is C10H15Cl. The lowest BCUT2D eigenvalue weighted by molar-refractivity contribution is 1.15. The normalized spacial score (nSPS) is 14.5. The monoisotopic (exact) mass is 170 g/mol. The van der Waals surface area contributed by atoms with E-state index in [0.29, 0.717) is 0 Å². The first kappa shape index (κ1) is 10.5. The molecule has 0 amide bonds. The Bertz CT molecular complexity index is 181. The Morgan fingerprint density at radius 1 is 1.45 bits per heavy atom. The van der Waals surface area contributed by atoms with Crippen LogP contribution in [0.1, 0.15) is 27.2 Å². The van der Waals surface area contributed by atoms with Crippen LogP contribution >= 0.6 is 11.6 Å². The zero-order valence-corrected chi connectivity index (χ0v) is 8.15. The molecule has 62 valence electrons. The maximum absolute atomic E-state index is 5.73. The first-order chi connectivity index (χ1) is 5.20. The highest BCUT2D eigenvalue weighted by atomic mass is 35.5. The lowest BCUT2D eigenvalue weighted by atomic mass is 10.2. The maximum Gasteiger partial charge on any atom is 0.0152 e. The van der Waals surface area contributed by atoms with E-state index in [1.165, 1.54) is 5.57 Å². The smallest absolute Gasteiger partial charge is 0.0152 e. The van der Waals surface area contributed by atoms with Gasteiger partial charge in [-0.25, -0.2) is 0 Å². The quantitative estimate of drug-likeness (QED) is 0.561. The number of rotatable bonds is 3. The molecule has 0 radical (unpaired) electrons. The van der Waals surface area contributed by atoms with Crippen LogP contribution in [-0.4, -0.2) is 0 Å². The predicted octanol–water partition coefficient (Wildman–Crippen LogP) is 4.04. The Hall–Kier alpha value is -0.490. The fourth-order valence-corrected chi connectivity index (χ4v) is 0.883. The zero-order chi connectivity index (χ0) is 8.69. The van der Waals surface area contributed by atoms with Crippen LogP contribution in [0, 0.1) is 0 Å². The van der Waals surface area contributed by atoms with Crippen molar-refractivity contribution in [3.63, 3.8) is 0 Å². The van der Waals surface area contributed by atoms with Gasteiger partial charge >= 0.3 is 0 Å². The van der Waals surface area contributed by atoms with E-state index in [0.717, 1.165) is 11.5 Å². The van der Waals surface area contributed by atoms with Crippen LogP contribution in [0.5, 0.6) is 0 Å². The molecule has 0 aliphatic rings. The topological polar surface area (TPSA) is 0 Å². The molecule has 0 aromatic rings. The predicted molar refractivity (Wildman–Crippen MR) is 52.8 cm³/mol. The van der Waals surface area contributed by atoms with Crippen molar-refractivity contribution < 1.29 is 0 Å². The largest absolute Gasteiger partial charge is 0.0895 e. The van der Waals surface area contributed by atoms with E-state index < -0.39 is 0 Å². The van der Waals surface area contributed by atoms with Crippen molar-refractivity contribution >= 4 is 11.6 Å². The van der Waals surface area contributed by atoms with Crippen molar-refractivity contribution in [3.8, 4) is 0 Å². The second kappa shape index (κ2) is 6.23. The van der Waals surface area contributed by atoms with Crippen LogP contribution in [-0.2, 0) is 0 Å². The second-order valence-electron chi connectivity index (χ2n) is 2.35. The van der Waals surface area contributed by atoms with Gasteiger partial charge in [-0.2, -0.15) is 0 Å². The highest BCUT2D eigenvalue weighted by Gasteiger charge is 1.86. The molecule has 0 heterocycles. The summed E-state index contributed by atoms with van der Waals surface area (Å²) >= 11 is 5.73. The average Bonchev–Trinajstić information content (AvgIpc) is 1.97. The van der Waals surface area contributed by atoms with Crippen LogP contribution in [0.4, 0.5) is 0 Å². The highest BCUT2D eigenvalue weighted by Crippen LogP contribution is 2.09. The SMILES string of the molecule is C/C=C/C=C(\C=C(/C)Cl)CC. The Morgan fingerprint density at radius 3 is 2.45 bits per heavy atom. The van der Waals surface area contributed by atoms with Gasteiger partial charge in [0.2, 0.25) is 0 Å². The van der Waals surface area contributed by atoms with Crippen LogP contribution in [0.15, 0.2) is 34.9 Å². The van der Waals surface area contributed by atoms with Crippen molar-refractivity contribution in [2.75, 3.05) is 0 Å². The third kappa shape index (κ3) is 5.93. The molecule has 0 aromatic heterocycles. The Labute approximate surface area is 74.3 Å². The molecule has 0 unspecified atom stereocenters. The van der Waals surface area contributed by atoms with Gasteiger partial charge < -0.3 is 0 Å². The molecule has 0 fully saturated rings. The van der Waals surface area contributed by atoms with Crippen LogP contribution in [0.25, 0.3) is 0 Å². The molecule has 0 spiro atoms.